The number of hydrogen-bond acceptors (Lipinski definition) is 4. The highest BCUT2D eigenvalue weighted by Gasteiger charge is 2.19. The van der Waals surface area contributed by atoms with E-state index in [1.807, 2.05) is 0 Å². The number of hydrogen-bond donors (Lipinski definition) is 2. The van der Waals surface area contributed by atoms with Crippen molar-refractivity contribution in [1.82, 2.24) is 10.3 Å². The minimum Gasteiger partial charge on any atom is -0.345 e. The summed E-state index contributed by atoms with van der Waals surface area (Å²) in [6.07, 6.45) is 9.50. The molecule has 1 heterocycles. The Bertz CT molecular complexity index is 412. The third kappa shape index (κ3) is 4.63. The molecule has 19 heavy (non-hydrogen) atoms. The molecule has 2 amide bonds. The molecule has 0 aliphatic heterocycles. The highest BCUT2D eigenvalue weighted by atomic mass is 32.1. The number of nitrogens with zero attached hydrogens (tertiary/aromatic N) is 1. The van der Waals surface area contributed by atoms with E-state index in [9.17, 15) is 9.59 Å². The predicted octanol–water partition coefficient (Wildman–Crippen LogP) is 2.31. The maximum Gasteiger partial charge on any atom is 0.315 e. The lowest BCUT2D eigenvalue weighted by atomic mass is 9.97. The normalized spacial score (nSPS) is 17.3. The van der Waals surface area contributed by atoms with Crippen LogP contribution >= 0.6 is 11.3 Å². The summed E-state index contributed by atoms with van der Waals surface area (Å²) in [5, 5.41) is 7.53. The lowest BCUT2D eigenvalue weighted by Crippen LogP contribution is -2.42. The van der Waals surface area contributed by atoms with Crippen LogP contribution in [0.2, 0.25) is 0 Å². The van der Waals surface area contributed by atoms with Crippen LogP contribution in [0.5, 0.6) is 0 Å². The fraction of sp³-hybridized carbons (Fsp3) is 0.615. The van der Waals surface area contributed by atoms with Gasteiger partial charge in [0.15, 0.2) is 5.13 Å². The molecule has 1 aliphatic rings. The molecule has 0 saturated heterocycles. The maximum atomic E-state index is 11.8. The largest absolute Gasteiger partial charge is 0.345 e. The Morgan fingerprint density at radius 3 is 2.42 bits per heavy atom. The summed E-state index contributed by atoms with van der Waals surface area (Å²) in [7, 11) is 0. The Morgan fingerprint density at radius 1 is 1.11 bits per heavy atom. The van der Waals surface area contributed by atoms with Gasteiger partial charge in [0, 0.05) is 17.6 Å². The Hall–Kier alpha value is -1.43. The molecule has 2 rings (SSSR count). The Labute approximate surface area is 116 Å². The third-order valence-corrected chi connectivity index (χ3v) is 3.99. The SMILES string of the molecule is O=C(Nc1nccs1)C(=O)NC1CCCCCCC1. The third-order valence-electron chi connectivity index (χ3n) is 3.30. The fourth-order valence-electron chi connectivity index (χ4n) is 2.29. The lowest BCUT2D eigenvalue weighted by molar-refractivity contribution is -0.136. The summed E-state index contributed by atoms with van der Waals surface area (Å²) in [5.41, 5.74) is 0. The van der Waals surface area contributed by atoms with Crippen molar-refractivity contribution in [2.24, 2.45) is 0 Å². The Balaban J connectivity index is 1.80. The van der Waals surface area contributed by atoms with Crippen molar-refractivity contribution >= 4 is 28.3 Å². The van der Waals surface area contributed by atoms with Crippen molar-refractivity contribution in [2.45, 2.75) is 51.0 Å². The molecule has 1 aliphatic carbocycles. The van der Waals surface area contributed by atoms with Crippen LogP contribution in [-0.2, 0) is 9.59 Å². The monoisotopic (exact) mass is 281 g/mol. The van der Waals surface area contributed by atoms with Crippen LogP contribution in [0.4, 0.5) is 5.13 Å². The van der Waals surface area contributed by atoms with Crippen LogP contribution in [0, 0.1) is 0 Å². The van der Waals surface area contributed by atoms with Gasteiger partial charge in [-0.05, 0) is 12.8 Å². The molecular formula is C13H19N3O2S. The summed E-state index contributed by atoms with van der Waals surface area (Å²) in [5.74, 6) is -1.18. The van der Waals surface area contributed by atoms with Gasteiger partial charge >= 0.3 is 11.8 Å². The van der Waals surface area contributed by atoms with E-state index < -0.39 is 11.8 Å². The van der Waals surface area contributed by atoms with Gasteiger partial charge < -0.3 is 5.32 Å². The predicted molar refractivity (Wildman–Crippen MR) is 75.0 cm³/mol. The average molecular weight is 281 g/mol. The zero-order valence-electron chi connectivity index (χ0n) is 10.9. The second kappa shape index (κ2) is 7.23. The van der Waals surface area contributed by atoms with E-state index in [-0.39, 0.29) is 6.04 Å². The van der Waals surface area contributed by atoms with Crippen molar-refractivity contribution in [3.8, 4) is 0 Å². The molecule has 2 N–H and O–H groups in total. The molecule has 1 aromatic rings. The van der Waals surface area contributed by atoms with Crippen molar-refractivity contribution in [3.63, 3.8) is 0 Å². The molecule has 0 radical (unpaired) electrons. The Morgan fingerprint density at radius 2 is 1.79 bits per heavy atom. The van der Waals surface area contributed by atoms with Crippen molar-refractivity contribution in [2.75, 3.05) is 5.32 Å². The Kier molecular flexibility index (Phi) is 5.32. The van der Waals surface area contributed by atoms with E-state index >= 15 is 0 Å². The van der Waals surface area contributed by atoms with Gasteiger partial charge in [-0.25, -0.2) is 4.98 Å². The first-order valence-electron chi connectivity index (χ1n) is 6.77. The molecule has 0 unspecified atom stereocenters. The zero-order chi connectivity index (χ0) is 13.5. The van der Waals surface area contributed by atoms with E-state index in [2.05, 4.69) is 15.6 Å². The molecule has 0 aromatic carbocycles. The average Bonchev–Trinajstić information content (AvgIpc) is 2.85. The van der Waals surface area contributed by atoms with Crippen LogP contribution in [-0.4, -0.2) is 22.8 Å². The number of thiazole rings is 1. The zero-order valence-corrected chi connectivity index (χ0v) is 11.7. The highest BCUT2D eigenvalue weighted by molar-refractivity contribution is 7.13. The number of aromatic nitrogens is 1. The molecule has 0 bridgehead atoms. The van der Waals surface area contributed by atoms with Crippen LogP contribution in [0.3, 0.4) is 0 Å². The van der Waals surface area contributed by atoms with Crippen LogP contribution < -0.4 is 10.6 Å². The van der Waals surface area contributed by atoms with Crippen LogP contribution in [0.25, 0.3) is 0 Å². The van der Waals surface area contributed by atoms with Gasteiger partial charge in [-0.1, -0.05) is 32.1 Å². The first kappa shape index (κ1) is 14.0. The minimum absolute atomic E-state index is 0.134. The summed E-state index contributed by atoms with van der Waals surface area (Å²) in [6, 6.07) is 0.134. The van der Waals surface area contributed by atoms with Gasteiger partial charge in [-0.3, -0.25) is 14.9 Å². The molecule has 0 spiro atoms. The van der Waals surface area contributed by atoms with Gasteiger partial charge in [0.25, 0.3) is 0 Å². The van der Waals surface area contributed by atoms with Crippen molar-refractivity contribution < 1.29 is 9.59 Å². The van der Waals surface area contributed by atoms with Crippen LogP contribution in [0.1, 0.15) is 44.9 Å². The molecule has 1 saturated carbocycles. The van der Waals surface area contributed by atoms with Crippen molar-refractivity contribution in [1.29, 1.82) is 0 Å². The molecule has 104 valence electrons. The number of anilines is 1. The minimum atomic E-state index is -0.628. The van der Waals surface area contributed by atoms with Crippen molar-refractivity contribution in [3.05, 3.63) is 11.6 Å². The first-order chi connectivity index (χ1) is 9.25. The second-order valence-electron chi connectivity index (χ2n) is 4.81. The molecular weight excluding hydrogens is 262 g/mol. The van der Waals surface area contributed by atoms with Gasteiger partial charge in [0.1, 0.15) is 0 Å². The topological polar surface area (TPSA) is 71.1 Å². The summed E-state index contributed by atoms with van der Waals surface area (Å²) in [4.78, 5) is 27.4. The van der Waals surface area contributed by atoms with E-state index in [0.717, 1.165) is 25.7 Å². The number of nitrogens with one attached hydrogen (secondary N) is 2. The second-order valence-corrected chi connectivity index (χ2v) is 5.70. The molecule has 1 fully saturated rings. The van der Waals surface area contributed by atoms with Gasteiger partial charge in [0.05, 0.1) is 0 Å². The molecule has 0 atom stereocenters. The van der Waals surface area contributed by atoms with E-state index in [0.29, 0.717) is 5.13 Å². The smallest absolute Gasteiger partial charge is 0.315 e. The number of rotatable bonds is 2. The first-order valence-corrected chi connectivity index (χ1v) is 7.65. The molecule has 1 aromatic heterocycles. The van der Waals surface area contributed by atoms with Gasteiger partial charge in [-0.15, -0.1) is 11.3 Å². The van der Waals surface area contributed by atoms with E-state index in [4.69, 9.17) is 0 Å². The standard InChI is InChI=1S/C13H19N3O2S/c17-11(12(18)16-13-14-8-9-19-13)15-10-6-4-2-1-3-5-7-10/h8-10H,1-7H2,(H,15,17)(H,14,16,18). The quantitative estimate of drug-likeness (QED) is 0.817. The molecule has 5 nitrogen and oxygen atoms in total. The highest BCUT2D eigenvalue weighted by Crippen LogP contribution is 2.17. The molecule has 6 heteroatoms. The fourth-order valence-corrected chi connectivity index (χ4v) is 2.81. The van der Waals surface area contributed by atoms with Gasteiger partial charge in [0.2, 0.25) is 0 Å². The lowest BCUT2D eigenvalue weighted by Gasteiger charge is -2.20. The summed E-state index contributed by atoms with van der Waals surface area (Å²) < 4.78 is 0. The van der Waals surface area contributed by atoms with Gasteiger partial charge in [-0.2, -0.15) is 0 Å². The van der Waals surface area contributed by atoms with E-state index in [1.165, 1.54) is 30.6 Å². The van der Waals surface area contributed by atoms with Crippen LogP contribution in [0.15, 0.2) is 11.6 Å². The number of amides is 2. The van der Waals surface area contributed by atoms with E-state index in [1.54, 1.807) is 11.6 Å². The summed E-state index contributed by atoms with van der Waals surface area (Å²) >= 11 is 1.30. The number of carbonyl (C=O) groups is 2. The maximum absolute atomic E-state index is 11.8. The summed E-state index contributed by atoms with van der Waals surface area (Å²) in [6.45, 7) is 0. The number of carbonyl (C=O) groups excluding carboxylic acids is 2.